The number of ether oxygens (including phenoxy) is 2. The molecule has 0 fully saturated rings. The van der Waals surface area contributed by atoms with E-state index in [1.807, 2.05) is 0 Å². The van der Waals surface area contributed by atoms with Gasteiger partial charge < -0.3 is 9.47 Å². The van der Waals surface area contributed by atoms with Crippen molar-refractivity contribution < 1.29 is 41.5 Å². The largest absolute Gasteiger partial charge is 0.573 e. The van der Waals surface area contributed by atoms with E-state index in [0.717, 1.165) is 42.5 Å². The first-order valence-electron chi connectivity index (χ1n) is 8.37. The second kappa shape index (κ2) is 9.65. The number of benzene rings is 2. The van der Waals surface area contributed by atoms with Crippen LogP contribution in [0.4, 0.5) is 28.9 Å². The summed E-state index contributed by atoms with van der Waals surface area (Å²) in [6, 6.07) is 6.69. The number of hydrogen-bond donors (Lipinski definition) is 1. The molecule has 2 aromatic carbocycles. The van der Waals surface area contributed by atoms with Gasteiger partial charge in [0.05, 0.1) is 17.2 Å². The lowest BCUT2D eigenvalue weighted by molar-refractivity contribution is -0.385. The van der Waals surface area contributed by atoms with Crippen LogP contribution in [0.15, 0.2) is 47.6 Å². The molecule has 0 heterocycles. The summed E-state index contributed by atoms with van der Waals surface area (Å²) in [5.74, 6) is -4.52. The number of hydrazone groups is 1. The monoisotopic (exact) mass is 443 g/mol. The summed E-state index contributed by atoms with van der Waals surface area (Å²) < 4.78 is 59.1. The summed E-state index contributed by atoms with van der Waals surface area (Å²) in [5, 5.41) is 14.7. The van der Waals surface area contributed by atoms with Crippen molar-refractivity contribution in [3.8, 4) is 5.75 Å². The van der Waals surface area contributed by atoms with Gasteiger partial charge in [-0.1, -0.05) is 6.07 Å². The molecule has 0 aromatic heterocycles. The molecule has 0 radical (unpaired) electrons. The molecule has 9 nitrogen and oxygen atoms in total. The Morgan fingerprint density at radius 2 is 1.81 bits per heavy atom. The lowest BCUT2D eigenvalue weighted by Gasteiger charge is -2.10. The summed E-state index contributed by atoms with van der Waals surface area (Å²) in [7, 11) is 0. The summed E-state index contributed by atoms with van der Waals surface area (Å²) in [6.45, 7) is 1.23. The minimum absolute atomic E-state index is 0.0205. The van der Waals surface area contributed by atoms with Crippen LogP contribution in [0, 0.1) is 15.9 Å². The summed E-state index contributed by atoms with van der Waals surface area (Å²) in [5.41, 5.74) is -0.656. The minimum Gasteiger partial charge on any atom is -0.461 e. The number of ketones is 1. The number of carbonyl (C=O) groups is 2. The van der Waals surface area contributed by atoms with E-state index in [9.17, 15) is 37.3 Å². The SMILES string of the molecule is CCOC(=O)/C(=N\Nc1ccc(OC(F)(F)F)cc1)C(=O)c1c(F)cccc1[N+](=O)[O-]. The van der Waals surface area contributed by atoms with Gasteiger partial charge in [-0.25, -0.2) is 9.18 Å². The highest BCUT2D eigenvalue weighted by atomic mass is 19.4. The van der Waals surface area contributed by atoms with E-state index in [1.54, 1.807) is 0 Å². The molecule has 0 aliphatic rings. The smallest absolute Gasteiger partial charge is 0.461 e. The van der Waals surface area contributed by atoms with Crippen LogP contribution < -0.4 is 10.2 Å². The number of nitrogens with zero attached hydrogens (tertiary/aromatic N) is 2. The molecule has 0 saturated heterocycles. The van der Waals surface area contributed by atoms with Crippen molar-refractivity contribution in [1.29, 1.82) is 0 Å². The number of alkyl halides is 3. The lowest BCUT2D eigenvalue weighted by Crippen LogP contribution is -2.29. The number of Topliss-reactive ketones (excluding diaryl/α,β-unsaturated/α-hetero) is 1. The van der Waals surface area contributed by atoms with E-state index in [0.29, 0.717) is 0 Å². The van der Waals surface area contributed by atoms with Crippen LogP contribution in [0.25, 0.3) is 0 Å². The fourth-order valence-electron chi connectivity index (χ4n) is 2.25. The second-order valence-electron chi connectivity index (χ2n) is 5.59. The van der Waals surface area contributed by atoms with Crippen LogP contribution in [0.5, 0.6) is 5.75 Å². The zero-order valence-electron chi connectivity index (χ0n) is 15.6. The fraction of sp³-hybridized carbons (Fsp3) is 0.167. The van der Waals surface area contributed by atoms with Gasteiger partial charge in [-0.3, -0.25) is 20.3 Å². The molecular formula is C18H13F4N3O6. The highest BCUT2D eigenvalue weighted by Gasteiger charge is 2.33. The first-order valence-corrected chi connectivity index (χ1v) is 8.37. The quantitative estimate of drug-likeness (QED) is 0.125. The van der Waals surface area contributed by atoms with Crippen molar-refractivity contribution >= 4 is 28.8 Å². The van der Waals surface area contributed by atoms with Crippen molar-refractivity contribution in [1.82, 2.24) is 0 Å². The maximum Gasteiger partial charge on any atom is 0.573 e. The summed E-state index contributed by atoms with van der Waals surface area (Å²) in [4.78, 5) is 34.9. The van der Waals surface area contributed by atoms with Crippen LogP contribution in [-0.4, -0.2) is 35.4 Å². The molecule has 2 rings (SSSR count). The molecule has 0 aliphatic heterocycles. The number of carbonyl (C=O) groups excluding carboxylic acids is 2. The molecule has 0 unspecified atom stereocenters. The molecule has 13 heteroatoms. The van der Waals surface area contributed by atoms with Crippen LogP contribution in [0.3, 0.4) is 0 Å². The van der Waals surface area contributed by atoms with Gasteiger partial charge in [0.2, 0.25) is 11.5 Å². The number of nitrogens with one attached hydrogen (secondary N) is 1. The van der Waals surface area contributed by atoms with Gasteiger partial charge in [-0.2, -0.15) is 5.10 Å². The molecule has 0 amide bonds. The first kappa shape index (κ1) is 23.3. The maximum atomic E-state index is 14.2. The van der Waals surface area contributed by atoms with Crippen molar-refractivity contribution in [2.75, 3.05) is 12.0 Å². The predicted octanol–water partition coefficient (Wildman–Crippen LogP) is 3.85. The number of nitro groups is 1. The van der Waals surface area contributed by atoms with Crippen molar-refractivity contribution in [2.45, 2.75) is 13.3 Å². The topological polar surface area (TPSA) is 120 Å². The third-order valence-electron chi connectivity index (χ3n) is 3.48. The van der Waals surface area contributed by atoms with E-state index in [4.69, 9.17) is 0 Å². The van der Waals surface area contributed by atoms with Crippen LogP contribution in [0.1, 0.15) is 17.3 Å². The Hall–Kier alpha value is -4.03. The third-order valence-corrected chi connectivity index (χ3v) is 3.48. The average Bonchev–Trinajstić information content (AvgIpc) is 2.68. The Labute approximate surface area is 171 Å². The van der Waals surface area contributed by atoms with Crippen molar-refractivity contribution in [2.24, 2.45) is 5.10 Å². The van der Waals surface area contributed by atoms with E-state index in [1.165, 1.54) is 6.92 Å². The fourth-order valence-corrected chi connectivity index (χ4v) is 2.25. The first-order chi connectivity index (χ1) is 14.5. The van der Waals surface area contributed by atoms with Gasteiger partial charge in [-0.15, -0.1) is 13.2 Å². The Bertz CT molecular complexity index is 1020. The molecule has 1 N–H and O–H groups in total. The van der Waals surface area contributed by atoms with E-state index >= 15 is 0 Å². The van der Waals surface area contributed by atoms with Gasteiger partial charge in [0.25, 0.3) is 5.69 Å². The molecule has 0 atom stereocenters. The van der Waals surface area contributed by atoms with Crippen LogP contribution in [-0.2, 0) is 9.53 Å². The lowest BCUT2D eigenvalue weighted by atomic mass is 10.0. The second-order valence-corrected chi connectivity index (χ2v) is 5.59. The van der Waals surface area contributed by atoms with Gasteiger partial charge in [0.15, 0.2) is 0 Å². The molecule has 164 valence electrons. The Morgan fingerprint density at radius 3 is 2.35 bits per heavy atom. The summed E-state index contributed by atoms with van der Waals surface area (Å²) in [6.07, 6.45) is -4.90. The van der Waals surface area contributed by atoms with Crippen molar-refractivity contribution in [3.05, 3.63) is 64.0 Å². The molecular weight excluding hydrogens is 430 g/mol. The van der Waals surface area contributed by atoms with Crippen LogP contribution in [0.2, 0.25) is 0 Å². The number of rotatable bonds is 8. The van der Waals surface area contributed by atoms with E-state index < -0.39 is 51.6 Å². The van der Waals surface area contributed by atoms with Gasteiger partial charge >= 0.3 is 12.3 Å². The normalized spacial score (nSPS) is 11.6. The molecule has 0 saturated carbocycles. The highest BCUT2D eigenvalue weighted by molar-refractivity contribution is 6.68. The standard InChI is InChI=1S/C18H13F4N3O6/c1-2-30-17(27)15(16(26)14-12(19)4-3-5-13(14)25(28)29)24-23-10-6-8-11(9-7-10)31-18(20,21)22/h3-9,23H,2H2,1H3/b24-15-. The Balaban J connectivity index is 2.37. The number of nitro benzene ring substituents is 1. The third kappa shape index (κ3) is 6.22. The molecule has 0 spiro atoms. The van der Waals surface area contributed by atoms with E-state index in [-0.39, 0.29) is 12.3 Å². The summed E-state index contributed by atoms with van der Waals surface area (Å²) >= 11 is 0. The number of anilines is 1. The number of hydrogen-bond acceptors (Lipinski definition) is 8. The maximum absolute atomic E-state index is 14.2. The Kier molecular flexibility index (Phi) is 7.24. The zero-order valence-corrected chi connectivity index (χ0v) is 15.6. The van der Waals surface area contributed by atoms with Crippen molar-refractivity contribution in [3.63, 3.8) is 0 Å². The molecule has 2 aromatic rings. The zero-order chi connectivity index (χ0) is 23.2. The highest BCUT2D eigenvalue weighted by Crippen LogP contribution is 2.25. The number of esters is 1. The number of halogens is 4. The van der Waals surface area contributed by atoms with E-state index in [2.05, 4.69) is 20.0 Å². The average molecular weight is 443 g/mol. The van der Waals surface area contributed by atoms with Gasteiger partial charge in [-0.05, 0) is 37.3 Å². The van der Waals surface area contributed by atoms with Gasteiger partial charge in [0.1, 0.15) is 17.1 Å². The van der Waals surface area contributed by atoms with Crippen LogP contribution >= 0.6 is 0 Å². The predicted molar refractivity (Wildman–Crippen MR) is 98.2 cm³/mol. The molecule has 0 aliphatic carbocycles. The Morgan fingerprint density at radius 1 is 1.16 bits per heavy atom. The minimum atomic E-state index is -4.90. The molecule has 31 heavy (non-hydrogen) atoms. The molecule has 0 bridgehead atoms. The van der Waals surface area contributed by atoms with Gasteiger partial charge in [0, 0.05) is 6.07 Å².